The normalized spacial score (nSPS) is 29.1. The third kappa shape index (κ3) is 9.06. The summed E-state index contributed by atoms with van der Waals surface area (Å²) in [4.78, 5) is 87.1. The predicted molar refractivity (Wildman–Crippen MR) is 256 cm³/mol. The highest BCUT2D eigenvalue weighted by Gasteiger charge is 2.79. The smallest absolute Gasteiger partial charge is 0.339 e. The summed E-state index contributed by atoms with van der Waals surface area (Å²) in [5, 5.41) is 28.9. The van der Waals surface area contributed by atoms with E-state index in [9.17, 15) is 34.2 Å². The van der Waals surface area contributed by atoms with E-state index in [1.165, 1.54) is 37.5 Å². The van der Waals surface area contributed by atoms with Crippen molar-refractivity contribution in [2.24, 2.45) is 16.7 Å². The maximum atomic E-state index is 16.4. The molecule has 71 heavy (non-hydrogen) atoms. The number of aliphatic hydroxyl groups excluding tert-OH is 1. The summed E-state index contributed by atoms with van der Waals surface area (Å²) >= 11 is 0. The fourth-order valence-electron chi connectivity index (χ4n) is 11.2. The molecule has 11 atom stereocenters. The van der Waals surface area contributed by atoms with E-state index in [1.54, 1.807) is 139 Å². The summed E-state index contributed by atoms with van der Waals surface area (Å²) in [6, 6.07) is 31.2. The Morgan fingerprint density at radius 1 is 0.761 bits per heavy atom. The van der Waals surface area contributed by atoms with Crippen molar-refractivity contribution in [3.8, 4) is 0 Å². The fraction of sp³-hybridized carbons (Fsp3) is 0.393. The first-order valence-corrected chi connectivity index (χ1v) is 23.6. The molecule has 0 unspecified atom stereocenters. The molecular weight excluding hydrogens is 911 g/mol. The third-order valence-corrected chi connectivity index (χ3v) is 14.9. The van der Waals surface area contributed by atoms with Crippen molar-refractivity contribution in [2.45, 2.75) is 115 Å². The van der Waals surface area contributed by atoms with Crippen LogP contribution in [0, 0.1) is 16.7 Å². The Labute approximate surface area is 412 Å². The number of fused-ring (bicyclic) bond motifs is 5. The molecule has 1 saturated heterocycles. The number of hydrogen-bond donors (Lipinski definition) is 3. The van der Waals surface area contributed by atoms with Crippen LogP contribution in [0.15, 0.2) is 144 Å². The Balaban J connectivity index is 1.33. The number of carbonyl (C=O) groups is 6. The van der Waals surface area contributed by atoms with E-state index < -0.39 is 113 Å². The number of ether oxygens (including phenoxy) is 6. The van der Waals surface area contributed by atoms with Gasteiger partial charge < -0.3 is 44.0 Å². The number of aliphatic hydroxyl groups is 2. The van der Waals surface area contributed by atoms with Crippen molar-refractivity contribution < 1.29 is 67.4 Å². The molecule has 1 heterocycles. The first kappa shape index (κ1) is 50.4. The maximum absolute atomic E-state index is 16.4. The van der Waals surface area contributed by atoms with Gasteiger partial charge in [0.25, 0.3) is 5.91 Å². The van der Waals surface area contributed by atoms with Crippen LogP contribution in [-0.2, 0) is 42.8 Å². The van der Waals surface area contributed by atoms with Crippen LogP contribution in [-0.4, -0.2) is 100 Å². The van der Waals surface area contributed by atoms with Crippen LogP contribution in [0.5, 0.6) is 0 Å². The second kappa shape index (κ2) is 19.7. The zero-order chi connectivity index (χ0) is 51.0. The summed E-state index contributed by atoms with van der Waals surface area (Å²) in [5.41, 5.74) is -6.03. The molecule has 4 aromatic carbocycles. The summed E-state index contributed by atoms with van der Waals surface area (Å²) in [5.74, 6) is -6.61. The zero-order valence-electron chi connectivity index (χ0n) is 40.7. The molecule has 0 radical (unpaired) electrons. The number of rotatable bonds is 13. The Hall–Kier alpha value is -6.94. The van der Waals surface area contributed by atoms with Crippen molar-refractivity contribution in [3.05, 3.63) is 167 Å². The second-order valence-corrected chi connectivity index (χ2v) is 19.8. The molecule has 0 aromatic heterocycles. The number of ketones is 1. The molecule has 3 fully saturated rings. The van der Waals surface area contributed by atoms with Gasteiger partial charge in [-0.1, -0.05) is 98.8 Å². The van der Waals surface area contributed by atoms with Gasteiger partial charge in [-0.15, -0.1) is 0 Å². The van der Waals surface area contributed by atoms with Crippen molar-refractivity contribution >= 4 is 35.6 Å². The number of hydrogen-bond acceptors (Lipinski definition) is 14. The zero-order valence-corrected chi connectivity index (χ0v) is 40.7. The second-order valence-electron chi connectivity index (χ2n) is 19.8. The number of carbonyl (C=O) groups excluding carboxylic acids is 6. The van der Waals surface area contributed by atoms with Gasteiger partial charge in [-0.3, -0.25) is 14.4 Å². The Morgan fingerprint density at radius 2 is 1.30 bits per heavy atom. The molecule has 4 aromatic rings. The highest BCUT2D eigenvalue weighted by molar-refractivity contribution is 5.98. The molecule has 8 rings (SSSR count). The number of benzene rings is 4. The molecule has 3 aliphatic carbocycles. The summed E-state index contributed by atoms with van der Waals surface area (Å²) < 4.78 is 38.2. The number of allylic oxidation sites excluding steroid dienone is 1. The van der Waals surface area contributed by atoms with Gasteiger partial charge in [0.05, 0.1) is 41.4 Å². The number of Topliss-reactive ketones (excluding diaryl/α,β-unsaturated/α-hetero) is 1. The quantitative estimate of drug-likeness (QED) is 0.0535. The molecule has 2 bridgehead atoms. The van der Waals surface area contributed by atoms with E-state index in [0.29, 0.717) is 5.56 Å². The van der Waals surface area contributed by atoms with E-state index >= 15 is 4.79 Å². The third-order valence-electron chi connectivity index (χ3n) is 14.9. The summed E-state index contributed by atoms with van der Waals surface area (Å²) in [6.07, 6.45) is -8.37. The van der Waals surface area contributed by atoms with Crippen LogP contribution in [0.25, 0.3) is 0 Å². The molecule has 2 saturated carbocycles. The van der Waals surface area contributed by atoms with E-state index in [1.807, 2.05) is 0 Å². The summed E-state index contributed by atoms with van der Waals surface area (Å²) in [7, 11) is 0. The first-order valence-electron chi connectivity index (χ1n) is 23.6. The highest BCUT2D eigenvalue weighted by atomic mass is 16.6. The molecule has 15 nitrogen and oxygen atoms in total. The van der Waals surface area contributed by atoms with E-state index in [4.69, 9.17) is 28.4 Å². The molecule has 4 aliphatic rings. The first-order chi connectivity index (χ1) is 33.7. The monoisotopic (exact) mass is 969 g/mol. The number of nitrogens with one attached hydrogen (secondary N) is 1. The lowest BCUT2D eigenvalue weighted by molar-refractivity contribution is -0.346. The van der Waals surface area contributed by atoms with Gasteiger partial charge in [-0.2, -0.15) is 0 Å². The van der Waals surface area contributed by atoms with Crippen molar-refractivity contribution in [2.75, 3.05) is 6.61 Å². The number of amides is 1. The minimum atomic E-state index is -2.40. The van der Waals surface area contributed by atoms with E-state index in [-0.39, 0.29) is 40.9 Å². The average molecular weight is 970 g/mol. The Kier molecular flexibility index (Phi) is 14.0. The Bertz CT molecular complexity index is 2740. The number of esters is 4. The summed E-state index contributed by atoms with van der Waals surface area (Å²) in [6.45, 7) is 10.9. The van der Waals surface area contributed by atoms with Gasteiger partial charge in [-0.25, -0.2) is 14.4 Å². The minimum absolute atomic E-state index is 0.0180. The van der Waals surface area contributed by atoms with Crippen LogP contribution >= 0.6 is 0 Å². The topological polar surface area (TPSA) is 210 Å². The van der Waals surface area contributed by atoms with Crippen molar-refractivity contribution in [1.82, 2.24) is 5.32 Å². The van der Waals surface area contributed by atoms with Crippen LogP contribution < -0.4 is 5.32 Å². The lowest BCUT2D eigenvalue weighted by Crippen LogP contribution is -2.82. The minimum Gasteiger partial charge on any atom is -0.497 e. The average Bonchev–Trinajstić information content (AvgIpc) is 3.35. The predicted octanol–water partition coefficient (Wildman–Crippen LogP) is 6.98. The maximum Gasteiger partial charge on any atom is 0.339 e. The van der Waals surface area contributed by atoms with E-state index in [2.05, 4.69) is 5.32 Å². The highest BCUT2D eigenvalue weighted by Crippen LogP contribution is 2.65. The molecular formula is C56H59NO14. The lowest BCUT2D eigenvalue weighted by Gasteiger charge is -2.67. The van der Waals surface area contributed by atoms with Gasteiger partial charge in [0.15, 0.2) is 23.6 Å². The molecule has 15 heteroatoms. The molecule has 1 aliphatic heterocycles. The molecule has 0 spiro atoms. The molecule has 1 amide bonds. The lowest BCUT2D eigenvalue weighted by atomic mass is 9.44. The fourth-order valence-corrected chi connectivity index (χ4v) is 11.2. The van der Waals surface area contributed by atoms with E-state index in [0.717, 1.165) is 5.57 Å². The largest absolute Gasteiger partial charge is 0.497 e. The van der Waals surface area contributed by atoms with Crippen molar-refractivity contribution in [3.63, 3.8) is 0 Å². The van der Waals surface area contributed by atoms with Crippen LogP contribution in [0.4, 0.5) is 0 Å². The van der Waals surface area contributed by atoms with Gasteiger partial charge in [0.2, 0.25) is 0 Å². The van der Waals surface area contributed by atoms with Gasteiger partial charge >= 0.3 is 23.9 Å². The van der Waals surface area contributed by atoms with Crippen LogP contribution in [0.2, 0.25) is 0 Å². The SMILES string of the molecule is CC(=O)O[C@@]12CO[C@@H]1C[C@H](OC=C(C)C)[C@@]1(C)C(=O)[C@H](OC(=O)c3ccccc3)C3=C(C)[C@@H](OC(=O)[C@H](O)[C@@H](NC(=O)c4ccccc4)c4ccccc4)C[C@@](O)([C@@H](OC(=O)c4ccccc4)[C@H]21)C3(C)C. The molecule has 3 N–H and O–H groups in total. The Morgan fingerprint density at radius 3 is 1.82 bits per heavy atom. The van der Waals surface area contributed by atoms with Crippen LogP contribution in [0.3, 0.4) is 0 Å². The van der Waals surface area contributed by atoms with Gasteiger partial charge in [0, 0.05) is 30.7 Å². The van der Waals surface area contributed by atoms with Crippen molar-refractivity contribution in [1.29, 1.82) is 0 Å². The standard InChI is InChI=1S/C56H59NO14/c1-32(2)30-66-40-28-41-55(31-67-41,71-34(4)58)46-48(70-51(63)38-26-18-11-19-27-38)56(65)29-39(68-52(64)44(59)43(35-20-12-8-13-21-35)57-49(61)36-22-14-9-15-23-36)33(3)42(53(56,5)6)45(47(60)54(40,46)7)69-50(62)37-24-16-10-17-25-37/h8-27,30,39-41,43-46,48,59,65H,28-29,31H2,1-7H3,(H,57,61)/t39-,40-,41+,43-,44+,45+,46-,48-,54+,55-,56+/m0/s1. The van der Waals surface area contributed by atoms with Gasteiger partial charge in [0.1, 0.15) is 30.0 Å². The van der Waals surface area contributed by atoms with Gasteiger partial charge in [-0.05, 0) is 86.4 Å². The van der Waals surface area contributed by atoms with Crippen LogP contribution in [0.1, 0.15) is 104 Å². The molecule has 372 valence electrons.